The van der Waals surface area contributed by atoms with Crippen molar-refractivity contribution in [3.8, 4) is 0 Å². The highest BCUT2D eigenvalue weighted by Gasteiger charge is 2.15. The molecule has 0 amide bonds. The maximum Gasteiger partial charge on any atom is 0.320 e. The monoisotopic (exact) mass is 259 g/mol. The van der Waals surface area contributed by atoms with Crippen LogP contribution in [-0.4, -0.2) is 17.1 Å². The van der Waals surface area contributed by atoms with Gasteiger partial charge in [-0.05, 0) is 24.1 Å². The lowest BCUT2D eigenvalue weighted by molar-refractivity contribution is -0.139. The molecule has 17 heavy (non-hydrogen) atoms. The van der Waals surface area contributed by atoms with Gasteiger partial charge in [-0.2, -0.15) is 0 Å². The van der Waals surface area contributed by atoms with Crippen LogP contribution in [0.3, 0.4) is 0 Å². The Morgan fingerprint density at radius 3 is 2.82 bits per heavy atom. The molecule has 0 radical (unpaired) electrons. The number of carbonyl (C=O) groups is 1. The summed E-state index contributed by atoms with van der Waals surface area (Å²) in [5, 5.41) is 11.9. The second-order valence-corrected chi connectivity index (χ2v) is 4.22. The highest BCUT2D eigenvalue weighted by atomic mass is 35.5. The van der Waals surface area contributed by atoms with E-state index in [1.807, 2.05) is 6.92 Å². The summed E-state index contributed by atoms with van der Waals surface area (Å²) in [4.78, 5) is 10.9. The normalized spacial score (nSPS) is 12.4. The average Bonchev–Trinajstić information content (AvgIpc) is 2.28. The van der Waals surface area contributed by atoms with E-state index in [0.29, 0.717) is 18.5 Å². The van der Waals surface area contributed by atoms with Crippen LogP contribution < -0.4 is 5.32 Å². The fourth-order valence-electron chi connectivity index (χ4n) is 1.49. The van der Waals surface area contributed by atoms with E-state index in [1.54, 1.807) is 6.07 Å². The highest BCUT2D eigenvalue weighted by Crippen LogP contribution is 2.15. The van der Waals surface area contributed by atoms with Gasteiger partial charge in [0.2, 0.25) is 0 Å². The molecule has 0 aromatic heterocycles. The minimum absolute atomic E-state index is 0.0668. The van der Waals surface area contributed by atoms with Crippen molar-refractivity contribution in [2.45, 2.75) is 32.4 Å². The topological polar surface area (TPSA) is 49.3 Å². The van der Waals surface area contributed by atoms with Crippen LogP contribution in [0.4, 0.5) is 4.39 Å². The van der Waals surface area contributed by atoms with Gasteiger partial charge in [0.05, 0.1) is 5.02 Å². The molecule has 0 spiro atoms. The number of hydrogen-bond acceptors (Lipinski definition) is 2. The van der Waals surface area contributed by atoms with Gasteiger partial charge in [0, 0.05) is 6.54 Å². The number of rotatable bonds is 6. The van der Waals surface area contributed by atoms with Crippen molar-refractivity contribution in [3.63, 3.8) is 0 Å². The summed E-state index contributed by atoms with van der Waals surface area (Å²) < 4.78 is 13.1. The summed E-state index contributed by atoms with van der Waals surface area (Å²) in [5.41, 5.74) is 0.675. The predicted molar refractivity (Wildman–Crippen MR) is 64.6 cm³/mol. The quantitative estimate of drug-likeness (QED) is 0.826. The fraction of sp³-hybridized carbons (Fsp3) is 0.417. The van der Waals surface area contributed by atoms with Crippen LogP contribution in [0.2, 0.25) is 5.02 Å². The first-order valence-corrected chi connectivity index (χ1v) is 5.82. The molecule has 94 valence electrons. The van der Waals surface area contributed by atoms with Gasteiger partial charge in [0.1, 0.15) is 11.9 Å². The molecule has 0 aliphatic heterocycles. The zero-order valence-electron chi connectivity index (χ0n) is 9.54. The maximum atomic E-state index is 13.1. The first kappa shape index (κ1) is 13.9. The molecule has 1 aromatic carbocycles. The smallest absolute Gasteiger partial charge is 0.320 e. The number of hydrogen-bond donors (Lipinski definition) is 2. The number of aliphatic carboxylic acids is 1. The Bertz CT molecular complexity index is 398. The second kappa shape index (κ2) is 6.57. The standard InChI is InChI=1S/C12H15ClFNO2/c1-2-3-11(12(16)17)15-7-8-4-5-9(13)10(14)6-8/h4-6,11,15H,2-3,7H2,1H3,(H,16,17). The molecule has 0 saturated carbocycles. The number of benzene rings is 1. The van der Waals surface area contributed by atoms with E-state index >= 15 is 0 Å². The minimum atomic E-state index is -0.888. The summed E-state index contributed by atoms with van der Waals surface area (Å²) in [6.45, 7) is 2.23. The van der Waals surface area contributed by atoms with Crippen molar-refractivity contribution in [2.75, 3.05) is 0 Å². The van der Waals surface area contributed by atoms with E-state index in [-0.39, 0.29) is 5.02 Å². The molecule has 1 unspecified atom stereocenters. The lowest BCUT2D eigenvalue weighted by Crippen LogP contribution is -2.36. The first-order valence-electron chi connectivity index (χ1n) is 5.44. The largest absolute Gasteiger partial charge is 0.480 e. The third-order valence-electron chi connectivity index (χ3n) is 2.41. The van der Waals surface area contributed by atoms with Gasteiger partial charge in [0.25, 0.3) is 0 Å². The molecule has 1 rings (SSSR count). The zero-order chi connectivity index (χ0) is 12.8. The van der Waals surface area contributed by atoms with Crippen molar-refractivity contribution in [3.05, 3.63) is 34.6 Å². The van der Waals surface area contributed by atoms with Gasteiger partial charge in [-0.25, -0.2) is 4.39 Å². The van der Waals surface area contributed by atoms with E-state index in [1.165, 1.54) is 12.1 Å². The van der Waals surface area contributed by atoms with Crippen LogP contribution in [0.5, 0.6) is 0 Å². The van der Waals surface area contributed by atoms with Crippen molar-refractivity contribution in [1.29, 1.82) is 0 Å². The van der Waals surface area contributed by atoms with Gasteiger partial charge in [0.15, 0.2) is 0 Å². The van der Waals surface area contributed by atoms with Crippen LogP contribution in [0.1, 0.15) is 25.3 Å². The third kappa shape index (κ3) is 4.32. The van der Waals surface area contributed by atoms with Gasteiger partial charge in [-0.3, -0.25) is 4.79 Å². The Balaban J connectivity index is 2.59. The van der Waals surface area contributed by atoms with E-state index in [9.17, 15) is 9.18 Å². The molecule has 1 aromatic rings. The van der Waals surface area contributed by atoms with Crippen molar-refractivity contribution in [2.24, 2.45) is 0 Å². The number of carboxylic acid groups (broad SMARTS) is 1. The summed E-state index contributed by atoms with van der Waals surface area (Å²) >= 11 is 5.55. The predicted octanol–water partition coefficient (Wildman–Crippen LogP) is 2.82. The third-order valence-corrected chi connectivity index (χ3v) is 2.72. The molecule has 5 heteroatoms. The lowest BCUT2D eigenvalue weighted by atomic mass is 10.1. The van der Waals surface area contributed by atoms with Crippen LogP contribution in [0, 0.1) is 5.82 Å². The summed E-state index contributed by atoms with van der Waals surface area (Å²) in [5.74, 6) is -1.38. The lowest BCUT2D eigenvalue weighted by Gasteiger charge is -2.13. The Kier molecular flexibility index (Phi) is 5.38. The molecule has 3 nitrogen and oxygen atoms in total. The SMILES string of the molecule is CCCC(NCc1ccc(Cl)c(F)c1)C(=O)O. The molecule has 0 heterocycles. The van der Waals surface area contributed by atoms with Gasteiger partial charge in [-0.1, -0.05) is 31.0 Å². The Morgan fingerprint density at radius 1 is 1.59 bits per heavy atom. The van der Waals surface area contributed by atoms with Crippen LogP contribution in [0.25, 0.3) is 0 Å². The fourth-order valence-corrected chi connectivity index (χ4v) is 1.61. The van der Waals surface area contributed by atoms with E-state index in [2.05, 4.69) is 5.32 Å². The van der Waals surface area contributed by atoms with Crippen molar-refractivity contribution in [1.82, 2.24) is 5.32 Å². The van der Waals surface area contributed by atoms with Gasteiger partial charge >= 0.3 is 5.97 Å². The zero-order valence-corrected chi connectivity index (χ0v) is 10.3. The number of halogens is 2. The van der Waals surface area contributed by atoms with E-state index < -0.39 is 17.8 Å². The van der Waals surface area contributed by atoms with Crippen molar-refractivity contribution < 1.29 is 14.3 Å². The van der Waals surface area contributed by atoms with Gasteiger partial charge < -0.3 is 10.4 Å². The van der Waals surface area contributed by atoms with E-state index in [4.69, 9.17) is 16.7 Å². The molecular weight excluding hydrogens is 245 g/mol. The summed E-state index contributed by atoms with van der Waals surface area (Å²) in [6.07, 6.45) is 1.32. The number of nitrogens with one attached hydrogen (secondary N) is 1. The maximum absolute atomic E-state index is 13.1. The molecule has 0 aliphatic rings. The van der Waals surface area contributed by atoms with Crippen molar-refractivity contribution >= 4 is 17.6 Å². The Labute approximate surface area is 105 Å². The molecule has 2 N–H and O–H groups in total. The molecule has 0 fully saturated rings. The first-order chi connectivity index (χ1) is 8.04. The second-order valence-electron chi connectivity index (χ2n) is 3.81. The molecule has 0 saturated heterocycles. The van der Waals surface area contributed by atoms with Crippen LogP contribution in [0.15, 0.2) is 18.2 Å². The Hall–Kier alpha value is -1.13. The van der Waals surface area contributed by atoms with Crippen LogP contribution >= 0.6 is 11.6 Å². The summed E-state index contributed by atoms with van der Waals surface area (Å²) in [6, 6.07) is 3.84. The molecule has 0 bridgehead atoms. The summed E-state index contributed by atoms with van der Waals surface area (Å²) in [7, 11) is 0. The van der Waals surface area contributed by atoms with Gasteiger partial charge in [-0.15, -0.1) is 0 Å². The highest BCUT2D eigenvalue weighted by molar-refractivity contribution is 6.30. The number of carboxylic acids is 1. The molecule has 1 atom stereocenters. The Morgan fingerprint density at radius 2 is 2.29 bits per heavy atom. The average molecular weight is 260 g/mol. The minimum Gasteiger partial charge on any atom is -0.480 e. The molecule has 0 aliphatic carbocycles. The van der Waals surface area contributed by atoms with Crippen LogP contribution in [-0.2, 0) is 11.3 Å². The van der Waals surface area contributed by atoms with E-state index in [0.717, 1.165) is 6.42 Å². The molecular formula is C12H15ClFNO2.